The first-order chi connectivity index (χ1) is 13.7. The van der Waals surface area contributed by atoms with Gasteiger partial charge in [0.2, 0.25) is 0 Å². The average molecular weight is 431 g/mol. The van der Waals surface area contributed by atoms with E-state index >= 15 is 0 Å². The van der Waals surface area contributed by atoms with Crippen molar-refractivity contribution in [3.63, 3.8) is 0 Å². The van der Waals surface area contributed by atoms with Gasteiger partial charge in [-0.3, -0.25) is 0 Å². The van der Waals surface area contributed by atoms with Crippen molar-refractivity contribution in [3.05, 3.63) is 35.9 Å². The molecule has 6 rings (SSSR count). The van der Waals surface area contributed by atoms with Crippen molar-refractivity contribution in [3.8, 4) is 0 Å². The summed E-state index contributed by atoms with van der Waals surface area (Å²) in [5.41, 5.74) is 8.71. The largest absolute Gasteiger partial charge is 0.365 e. The molecule has 158 valence electrons. The molecule has 1 heterocycles. The lowest BCUT2D eigenvalue weighted by atomic mass is 9.38. The normalized spacial score (nSPS) is 42.8. The lowest BCUT2D eigenvalue weighted by molar-refractivity contribution is -0.0890. The van der Waals surface area contributed by atoms with Gasteiger partial charge < -0.3 is 10.6 Å². The molecule has 5 aliphatic rings. The molecule has 1 aromatic rings. The van der Waals surface area contributed by atoms with E-state index in [1.165, 1.54) is 49.1 Å². The molecule has 0 radical (unpaired) electrons. The second kappa shape index (κ2) is 6.68. The monoisotopic (exact) mass is 430 g/mol. The third kappa shape index (κ3) is 3.10. The van der Waals surface area contributed by atoms with E-state index in [4.69, 9.17) is 29.6 Å². The van der Waals surface area contributed by atoms with Crippen molar-refractivity contribution in [2.75, 3.05) is 19.0 Å². The van der Waals surface area contributed by atoms with Gasteiger partial charge in [0.15, 0.2) is 0 Å². The van der Waals surface area contributed by atoms with E-state index in [-0.39, 0.29) is 27.7 Å². The van der Waals surface area contributed by atoms with E-state index in [0.717, 1.165) is 31.3 Å². The summed E-state index contributed by atoms with van der Waals surface area (Å²) in [5.74, 6) is 1.53. The second-order valence-corrected chi connectivity index (χ2v) is 12.3. The summed E-state index contributed by atoms with van der Waals surface area (Å²) in [6, 6.07) is 11.5. The van der Waals surface area contributed by atoms with Crippen LogP contribution in [-0.2, 0) is 5.41 Å². The van der Waals surface area contributed by atoms with Crippen LogP contribution in [0.2, 0.25) is 0 Å². The Morgan fingerprint density at radius 2 is 1.90 bits per heavy atom. The van der Waals surface area contributed by atoms with Gasteiger partial charge >= 0.3 is 0 Å². The van der Waals surface area contributed by atoms with Gasteiger partial charge in [-0.05, 0) is 72.7 Å². The van der Waals surface area contributed by atoms with Crippen LogP contribution in [0.5, 0.6) is 0 Å². The Bertz CT molecular complexity index is 810. The predicted octanol–water partition coefficient (Wildman–Crippen LogP) is 5.52. The number of piperidine rings is 1. The summed E-state index contributed by atoms with van der Waals surface area (Å²) in [7, 11) is 0. The van der Waals surface area contributed by atoms with Gasteiger partial charge in [-0.1, -0.05) is 56.4 Å². The number of likely N-dealkylation sites (tertiary alicyclic amines) is 1. The number of rotatable bonds is 3. The Kier molecular flexibility index (Phi) is 4.67. The van der Waals surface area contributed by atoms with E-state index in [1.54, 1.807) is 0 Å². The highest BCUT2D eigenvalue weighted by molar-refractivity contribution is 7.80. The highest BCUT2D eigenvalue weighted by Crippen LogP contribution is 2.71. The Morgan fingerprint density at radius 1 is 1.14 bits per heavy atom. The van der Waals surface area contributed by atoms with E-state index in [1.807, 2.05) is 0 Å². The van der Waals surface area contributed by atoms with Gasteiger partial charge in [-0.25, -0.2) is 0 Å². The fraction of sp³-hybridized carbons (Fsp3) is 0.720. The van der Waals surface area contributed by atoms with Crippen LogP contribution in [0.4, 0.5) is 0 Å². The van der Waals surface area contributed by atoms with E-state index in [0.29, 0.717) is 0 Å². The molecule has 0 amide bonds. The Hall–Kier alpha value is -0.640. The van der Waals surface area contributed by atoms with Crippen molar-refractivity contribution in [2.45, 2.75) is 70.3 Å². The summed E-state index contributed by atoms with van der Waals surface area (Å²) in [6.45, 7) is 6.61. The van der Waals surface area contributed by atoms with Crippen molar-refractivity contribution in [1.29, 1.82) is 0 Å². The Balaban J connectivity index is 1.52. The molecule has 1 aliphatic heterocycles. The Morgan fingerprint density at radius 3 is 2.59 bits per heavy atom. The molecule has 1 saturated heterocycles. The molecule has 4 aliphatic carbocycles. The third-order valence-electron chi connectivity index (χ3n) is 8.91. The number of nitrogens with zero attached hydrogens (tertiary/aromatic N) is 1. The van der Waals surface area contributed by atoms with Gasteiger partial charge in [0.25, 0.3) is 0 Å². The zero-order valence-corrected chi connectivity index (χ0v) is 19.5. The highest BCUT2D eigenvalue weighted by Gasteiger charge is 2.65. The first kappa shape index (κ1) is 20.3. The minimum absolute atomic E-state index is 0.117. The molecule has 1 aromatic carbocycles. The topological polar surface area (TPSA) is 29.3 Å². The summed E-state index contributed by atoms with van der Waals surface area (Å²) in [4.78, 5) is 3.77. The lowest BCUT2D eigenvalue weighted by Crippen LogP contribution is -2.64. The van der Waals surface area contributed by atoms with Crippen LogP contribution >= 0.6 is 23.8 Å². The molecule has 2 nitrogen and oxygen atoms in total. The number of hydrogen-bond acceptors (Lipinski definition) is 2. The summed E-state index contributed by atoms with van der Waals surface area (Å²) in [6.07, 6.45) is 8.56. The van der Waals surface area contributed by atoms with Gasteiger partial charge in [-0.2, -0.15) is 0 Å². The van der Waals surface area contributed by atoms with Crippen LogP contribution in [0.15, 0.2) is 30.3 Å². The SMILES string of the molecule is CC1(C)CN(C(=S)C23CC4CC(CCl)(C2)CC(c2ccccc2)(C4)C3)CC[C@@H]1N. The summed E-state index contributed by atoms with van der Waals surface area (Å²) in [5, 5.41) is 0. The molecule has 0 spiro atoms. The predicted molar refractivity (Wildman–Crippen MR) is 125 cm³/mol. The van der Waals surface area contributed by atoms with Crippen LogP contribution in [-0.4, -0.2) is 34.9 Å². The van der Waals surface area contributed by atoms with Crippen molar-refractivity contribution in [1.82, 2.24) is 4.90 Å². The van der Waals surface area contributed by atoms with Crippen molar-refractivity contribution >= 4 is 28.8 Å². The van der Waals surface area contributed by atoms with Crippen LogP contribution in [0, 0.1) is 22.2 Å². The van der Waals surface area contributed by atoms with Gasteiger partial charge in [0.05, 0.1) is 4.99 Å². The lowest BCUT2D eigenvalue weighted by Gasteiger charge is -2.67. The Labute approximate surface area is 186 Å². The molecular formula is C25H35ClN2S. The van der Waals surface area contributed by atoms with Crippen LogP contribution < -0.4 is 5.73 Å². The molecule has 5 fully saturated rings. The molecule has 4 bridgehead atoms. The number of benzene rings is 1. The molecule has 4 saturated carbocycles. The number of alkyl halides is 1. The van der Waals surface area contributed by atoms with Gasteiger partial charge in [-0.15, -0.1) is 11.6 Å². The van der Waals surface area contributed by atoms with Crippen LogP contribution in [0.1, 0.15) is 64.4 Å². The van der Waals surface area contributed by atoms with Crippen LogP contribution in [0.25, 0.3) is 0 Å². The average Bonchev–Trinajstić information content (AvgIpc) is 2.69. The van der Waals surface area contributed by atoms with E-state index in [9.17, 15) is 0 Å². The van der Waals surface area contributed by atoms with Crippen molar-refractivity contribution < 1.29 is 0 Å². The first-order valence-electron chi connectivity index (χ1n) is 11.4. The van der Waals surface area contributed by atoms with Gasteiger partial charge in [0, 0.05) is 30.4 Å². The maximum Gasteiger partial charge on any atom is 0.0842 e. The fourth-order valence-electron chi connectivity index (χ4n) is 8.02. The first-order valence-corrected chi connectivity index (χ1v) is 12.3. The quantitative estimate of drug-likeness (QED) is 0.505. The van der Waals surface area contributed by atoms with E-state index in [2.05, 4.69) is 49.1 Å². The number of nitrogens with two attached hydrogens (primary N) is 1. The highest BCUT2D eigenvalue weighted by atomic mass is 35.5. The number of hydrogen-bond donors (Lipinski definition) is 1. The molecule has 2 N–H and O–H groups in total. The summed E-state index contributed by atoms with van der Waals surface area (Å²) < 4.78 is 0. The standard InChI is InChI=1S/C25H35ClN2S/c1-22(2)17-28(9-8-20(22)27)21(29)25-12-18-10-23(14-25,16-26)13-24(11-18,15-25)19-6-4-3-5-7-19/h3-7,18,20H,8-17,27H2,1-2H3/t18?,20-,23?,24?,25?/m0/s1. The number of thiocarbonyl (C=S) groups is 1. The third-order valence-corrected chi connectivity index (χ3v) is 10.2. The van der Waals surface area contributed by atoms with Crippen molar-refractivity contribution in [2.24, 2.45) is 27.9 Å². The van der Waals surface area contributed by atoms with E-state index < -0.39 is 0 Å². The fourth-order valence-corrected chi connectivity index (χ4v) is 8.70. The molecular weight excluding hydrogens is 396 g/mol. The van der Waals surface area contributed by atoms with Crippen LogP contribution in [0.3, 0.4) is 0 Å². The summed E-state index contributed by atoms with van der Waals surface area (Å²) >= 11 is 13.1. The number of halogens is 1. The smallest absolute Gasteiger partial charge is 0.0842 e. The molecule has 29 heavy (non-hydrogen) atoms. The molecule has 4 unspecified atom stereocenters. The zero-order valence-electron chi connectivity index (χ0n) is 17.9. The minimum Gasteiger partial charge on any atom is -0.365 e. The molecule has 0 aromatic heterocycles. The van der Waals surface area contributed by atoms with Gasteiger partial charge in [0.1, 0.15) is 0 Å². The minimum atomic E-state index is 0.117. The molecule has 5 atom stereocenters. The zero-order chi connectivity index (χ0) is 20.5. The second-order valence-electron chi connectivity index (χ2n) is 11.7. The molecule has 4 heteroatoms. The maximum absolute atomic E-state index is 6.72. The maximum atomic E-state index is 6.72.